The number of ether oxygens (including phenoxy) is 1. The van der Waals surface area contributed by atoms with Crippen molar-refractivity contribution in [2.24, 2.45) is 5.92 Å². The van der Waals surface area contributed by atoms with E-state index in [0.29, 0.717) is 19.5 Å². The van der Waals surface area contributed by atoms with Crippen LogP contribution in [0.2, 0.25) is 0 Å². The number of benzene rings is 1. The fraction of sp³-hybridized carbons (Fsp3) is 0.731. The molecule has 2 heterocycles. The number of piperidine rings is 1. The number of nitrogens with zero attached hydrogens (tertiary/aromatic N) is 2. The van der Waals surface area contributed by atoms with E-state index in [1.54, 1.807) is 20.8 Å². The molecule has 0 aliphatic carbocycles. The van der Waals surface area contributed by atoms with E-state index < -0.39 is 14.6 Å². The molecule has 33 heavy (non-hydrogen) atoms. The van der Waals surface area contributed by atoms with E-state index in [0.717, 1.165) is 31.5 Å². The molecule has 1 amide bonds. The van der Waals surface area contributed by atoms with Gasteiger partial charge >= 0.3 is 0 Å². The molecular weight excluding hydrogens is 436 g/mol. The highest BCUT2D eigenvalue weighted by molar-refractivity contribution is 7.92. The molecule has 6 nitrogen and oxygen atoms in total. The van der Waals surface area contributed by atoms with Crippen LogP contribution in [0.1, 0.15) is 64.2 Å². The Morgan fingerprint density at radius 1 is 1.03 bits per heavy atom. The summed E-state index contributed by atoms with van der Waals surface area (Å²) in [5.74, 6) is 0.490. The van der Waals surface area contributed by atoms with E-state index >= 15 is 0 Å². The number of carbonyl (C=O) groups excluding carboxylic acids is 1. The summed E-state index contributed by atoms with van der Waals surface area (Å²) in [7, 11) is -3.13. The summed E-state index contributed by atoms with van der Waals surface area (Å²) < 4.78 is 30.2. The Morgan fingerprint density at radius 2 is 1.55 bits per heavy atom. The van der Waals surface area contributed by atoms with Crippen molar-refractivity contribution in [1.29, 1.82) is 0 Å². The van der Waals surface area contributed by atoms with Crippen molar-refractivity contribution in [1.82, 2.24) is 4.90 Å². The topological polar surface area (TPSA) is 66.9 Å². The maximum Gasteiger partial charge on any atom is 0.226 e. The van der Waals surface area contributed by atoms with Gasteiger partial charge in [-0.1, -0.05) is 12.1 Å². The van der Waals surface area contributed by atoms with Gasteiger partial charge in [0.2, 0.25) is 5.91 Å². The minimum absolute atomic E-state index is 0.132. The molecule has 1 aromatic carbocycles. The quantitative estimate of drug-likeness (QED) is 0.642. The number of amides is 1. The Kier molecular flexibility index (Phi) is 7.84. The Hall–Kier alpha value is -1.60. The van der Waals surface area contributed by atoms with Gasteiger partial charge in [-0.05, 0) is 83.9 Å². The first kappa shape index (κ1) is 26.0. The molecule has 0 bridgehead atoms. The first-order valence-corrected chi connectivity index (χ1v) is 13.9. The van der Waals surface area contributed by atoms with Gasteiger partial charge < -0.3 is 14.5 Å². The molecule has 0 N–H and O–H groups in total. The normalized spacial score (nSPS) is 23.1. The van der Waals surface area contributed by atoms with E-state index in [4.69, 9.17) is 4.74 Å². The van der Waals surface area contributed by atoms with Gasteiger partial charge in [0.15, 0.2) is 9.84 Å². The molecule has 2 fully saturated rings. The van der Waals surface area contributed by atoms with Crippen molar-refractivity contribution >= 4 is 21.4 Å². The molecule has 2 atom stereocenters. The standard InChI is InChI=1S/C26H42N2O4S/c1-18-12-23(13-19(2)25(18)28-15-20(3)32-21(4)16-28)14-24(29)27-10-8-22(9-11-27)17-33(30,31)26(5,6)7/h12-13,20-22H,8-11,14-17H2,1-7H3/t20-,21+. The fourth-order valence-corrected chi connectivity index (χ4v) is 6.66. The van der Waals surface area contributed by atoms with Crippen molar-refractivity contribution in [2.45, 2.75) is 84.7 Å². The highest BCUT2D eigenvalue weighted by atomic mass is 32.2. The second-order valence-corrected chi connectivity index (χ2v) is 13.9. The van der Waals surface area contributed by atoms with Crippen molar-refractivity contribution in [3.05, 3.63) is 28.8 Å². The molecular formula is C26H42N2O4S. The summed E-state index contributed by atoms with van der Waals surface area (Å²) in [6.07, 6.45) is 2.31. The Morgan fingerprint density at radius 3 is 2.03 bits per heavy atom. The smallest absolute Gasteiger partial charge is 0.226 e. The lowest BCUT2D eigenvalue weighted by atomic mass is 9.97. The summed E-state index contributed by atoms with van der Waals surface area (Å²) in [6.45, 7) is 16.8. The van der Waals surface area contributed by atoms with Gasteiger partial charge in [0.25, 0.3) is 0 Å². The van der Waals surface area contributed by atoms with Crippen LogP contribution in [-0.4, -0.2) is 68.1 Å². The van der Waals surface area contributed by atoms with Crippen molar-refractivity contribution in [3.8, 4) is 0 Å². The number of likely N-dealkylation sites (tertiary alicyclic amines) is 1. The number of hydrogen-bond acceptors (Lipinski definition) is 5. The van der Waals surface area contributed by atoms with E-state index in [2.05, 4.69) is 44.7 Å². The molecule has 0 radical (unpaired) electrons. The lowest BCUT2D eigenvalue weighted by Crippen LogP contribution is -2.46. The summed E-state index contributed by atoms with van der Waals surface area (Å²) in [5, 5.41) is 0. The third kappa shape index (κ3) is 6.30. The van der Waals surface area contributed by atoms with Crippen LogP contribution < -0.4 is 4.90 Å². The largest absolute Gasteiger partial charge is 0.372 e. The van der Waals surface area contributed by atoms with Gasteiger partial charge in [0.05, 0.1) is 29.1 Å². The number of sulfone groups is 1. The zero-order valence-corrected chi connectivity index (χ0v) is 22.3. The molecule has 3 rings (SSSR count). The van der Waals surface area contributed by atoms with E-state index in [-0.39, 0.29) is 29.8 Å². The molecule has 1 aromatic rings. The van der Waals surface area contributed by atoms with Crippen LogP contribution in [0.4, 0.5) is 5.69 Å². The maximum absolute atomic E-state index is 13.0. The van der Waals surface area contributed by atoms with Crippen LogP contribution in [0.15, 0.2) is 12.1 Å². The molecule has 2 aliphatic rings. The van der Waals surface area contributed by atoms with Gasteiger partial charge in [0.1, 0.15) is 0 Å². The fourth-order valence-electron chi connectivity index (χ4n) is 5.20. The summed E-state index contributed by atoms with van der Waals surface area (Å²) in [6, 6.07) is 4.29. The second kappa shape index (κ2) is 9.95. The van der Waals surface area contributed by atoms with Gasteiger partial charge in [-0.2, -0.15) is 0 Å². The molecule has 0 saturated carbocycles. The zero-order valence-electron chi connectivity index (χ0n) is 21.5. The Labute approximate surface area is 200 Å². The molecule has 2 aliphatic heterocycles. The van der Waals surface area contributed by atoms with Gasteiger partial charge in [-0.15, -0.1) is 0 Å². The summed E-state index contributed by atoms with van der Waals surface area (Å²) in [5.41, 5.74) is 4.70. The average Bonchev–Trinajstić information content (AvgIpc) is 2.66. The zero-order chi connectivity index (χ0) is 24.6. The molecule has 2 saturated heterocycles. The number of hydrogen-bond donors (Lipinski definition) is 0. The van der Waals surface area contributed by atoms with Crippen LogP contribution in [0.25, 0.3) is 0 Å². The van der Waals surface area contributed by atoms with Crippen LogP contribution in [-0.2, 0) is 25.8 Å². The third-order valence-corrected chi connectivity index (χ3v) is 9.77. The van der Waals surface area contributed by atoms with Crippen LogP contribution >= 0.6 is 0 Å². The van der Waals surface area contributed by atoms with Crippen LogP contribution in [0, 0.1) is 19.8 Å². The Bertz CT molecular complexity index is 926. The van der Waals surface area contributed by atoms with Gasteiger partial charge in [-0.3, -0.25) is 4.79 Å². The van der Waals surface area contributed by atoms with Gasteiger partial charge in [-0.25, -0.2) is 8.42 Å². The SMILES string of the molecule is Cc1cc(CC(=O)N2CCC(CS(=O)(=O)C(C)(C)C)CC2)cc(C)c1N1C[C@@H](C)O[C@@H](C)C1. The third-order valence-electron chi connectivity index (χ3n) is 7.00. The first-order valence-electron chi connectivity index (χ1n) is 12.3. The van der Waals surface area contributed by atoms with E-state index in [1.807, 2.05) is 4.90 Å². The second-order valence-electron chi connectivity index (χ2n) is 11.1. The molecule has 0 unspecified atom stereocenters. The van der Waals surface area contributed by atoms with Gasteiger partial charge in [0, 0.05) is 31.9 Å². The molecule has 0 spiro atoms. The van der Waals surface area contributed by atoms with Crippen LogP contribution in [0.3, 0.4) is 0 Å². The lowest BCUT2D eigenvalue weighted by Gasteiger charge is -2.38. The van der Waals surface area contributed by atoms with E-state index in [1.165, 1.54) is 16.8 Å². The average molecular weight is 479 g/mol. The lowest BCUT2D eigenvalue weighted by molar-refractivity contribution is -0.131. The number of anilines is 1. The van der Waals surface area contributed by atoms with Crippen molar-refractivity contribution in [3.63, 3.8) is 0 Å². The first-order chi connectivity index (χ1) is 15.3. The molecule has 7 heteroatoms. The number of carbonyl (C=O) groups is 1. The predicted molar refractivity (Wildman–Crippen MR) is 135 cm³/mol. The number of aryl methyl sites for hydroxylation is 2. The molecule has 0 aromatic heterocycles. The maximum atomic E-state index is 13.0. The van der Waals surface area contributed by atoms with Crippen LogP contribution in [0.5, 0.6) is 0 Å². The molecule has 186 valence electrons. The van der Waals surface area contributed by atoms with E-state index in [9.17, 15) is 13.2 Å². The minimum atomic E-state index is -3.13. The highest BCUT2D eigenvalue weighted by Crippen LogP contribution is 2.30. The monoisotopic (exact) mass is 478 g/mol. The van der Waals surface area contributed by atoms with Crippen molar-refractivity contribution < 1.29 is 17.9 Å². The van der Waals surface area contributed by atoms with Crippen molar-refractivity contribution in [2.75, 3.05) is 36.8 Å². The Balaban J connectivity index is 1.60. The predicted octanol–water partition coefficient (Wildman–Crippen LogP) is 3.91. The minimum Gasteiger partial charge on any atom is -0.372 e. The summed E-state index contributed by atoms with van der Waals surface area (Å²) >= 11 is 0. The number of morpholine rings is 1. The summed E-state index contributed by atoms with van der Waals surface area (Å²) in [4.78, 5) is 17.3. The number of rotatable bonds is 5. The highest BCUT2D eigenvalue weighted by Gasteiger charge is 2.33.